The summed E-state index contributed by atoms with van der Waals surface area (Å²) in [5, 5.41) is 0.653. The second-order valence-electron chi connectivity index (χ2n) is 11.0. The van der Waals surface area contributed by atoms with Gasteiger partial charge in [0.25, 0.3) is 0 Å². The van der Waals surface area contributed by atoms with Gasteiger partial charge >= 0.3 is 5.69 Å². The molecule has 2 N–H and O–H groups in total. The van der Waals surface area contributed by atoms with Crippen molar-refractivity contribution in [3.8, 4) is 16.9 Å². The molecule has 218 valence electrons. The zero-order valence-corrected chi connectivity index (χ0v) is 25.0. The van der Waals surface area contributed by atoms with Crippen molar-refractivity contribution in [3.05, 3.63) is 81.8 Å². The fraction of sp³-hybridized carbons (Fsp3) is 0.323. The molecule has 1 saturated heterocycles. The Hall–Kier alpha value is -4.31. The van der Waals surface area contributed by atoms with Gasteiger partial charge in [0.1, 0.15) is 11.6 Å². The van der Waals surface area contributed by atoms with Crippen molar-refractivity contribution >= 4 is 40.0 Å². The van der Waals surface area contributed by atoms with Crippen LogP contribution >= 0.6 is 11.6 Å². The molecule has 0 saturated carbocycles. The zero-order chi connectivity index (χ0) is 30.5. The van der Waals surface area contributed by atoms with Gasteiger partial charge in [-0.2, -0.15) is 4.98 Å². The van der Waals surface area contributed by atoms with Crippen LogP contribution in [-0.2, 0) is 4.79 Å². The molecule has 0 spiro atoms. The first-order chi connectivity index (χ1) is 19.9. The molecule has 42 heavy (non-hydrogen) atoms. The number of rotatable bonds is 5. The highest BCUT2D eigenvalue weighted by molar-refractivity contribution is 6.34. The summed E-state index contributed by atoms with van der Waals surface area (Å²) in [5.74, 6) is -0.385. The summed E-state index contributed by atoms with van der Waals surface area (Å²) >= 11 is 6.79. The molecule has 4 aromatic rings. The summed E-state index contributed by atoms with van der Waals surface area (Å²) in [5.41, 5.74) is 8.24. The SMILES string of the molecule is C=CC(=O)N1C(C)CN(c2nc(=O)n(-c3c(C)ccnc3C(C)C)c3nc(-c4c(N)cccc4F)c(Cl)cc23)CC1C. The molecule has 1 fully saturated rings. The molecule has 3 aromatic heterocycles. The summed E-state index contributed by atoms with van der Waals surface area (Å²) in [6.07, 6.45) is 3.01. The van der Waals surface area contributed by atoms with Crippen LogP contribution in [0.4, 0.5) is 15.9 Å². The summed E-state index contributed by atoms with van der Waals surface area (Å²) in [6.45, 7) is 14.2. The van der Waals surface area contributed by atoms with Gasteiger partial charge < -0.3 is 15.5 Å². The van der Waals surface area contributed by atoms with Crippen LogP contribution in [0.3, 0.4) is 0 Å². The van der Waals surface area contributed by atoms with E-state index in [0.29, 0.717) is 35.7 Å². The van der Waals surface area contributed by atoms with Gasteiger partial charge in [-0.3, -0.25) is 9.78 Å². The Labute approximate surface area is 248 Å². The van der Waals surface area contributed by atoms with Gasteiger partial charge in [0, 0.05) is 37.1 Å². The van der Waals surface area contributed by atoms with E-state index >= 15 is 4.39 Å². The lowest BCUT2D eigenvalue weighted by atomic mass is 10.0. The van der Waals surface area contributed by atoms with E-state index in [-0.39, 0.29) is 51.5 Å². The highest BCUT2D eigenvalue weighted by Gasteiger charge is 2.34. The van der Waals surface area contributed by atoms with Crippen LogP contribution in [0.1, 0.15) is 44.9 Å². The number of anilines is 2. The Morgan fingerprint density at radius 1 is 1.19 bits per heavy atom. The quantitative estimate of drug-likeness (QED) is 0.250. The minimum absolute atomic E-state index is 0.0207. The Morgan fingerprint density at radius 3 is 2.50 bits per heavy atom. The van der Waals surface area contributed by atoms with Crippen molar-refractivity contribution in [3.63, 3.8) is 0 Å². The summed E-state index contributed by atoms with van der Waals surface area (Å²) in [4.78, 5) is 44.3. The van der Waals surface area contributed by atoms with Crippen LogP contribution in [0.5, 0.6) is 0 Å². The van der Waals surface area contributed by atoms with Crippen LogP contribution in [0.25, 0.3) is 28.0 Å². The number of nitrogens with two attached hydrogens (primary N) is 1. The van der Waals surface area contributed by atoms with Gasteiger partial charge in [-0.1, -0.05) is 38.1 Å². The molecule has 1 aromatic carbocycles. The van der Waals surface area contributed by atoms with Gasteiger partial charge in [-0.05, 0) is 62.6 Å². The van der Waals surface area contributed by atoms with Crippen LogP contribution in [-0.4, -0.2) is 55.5 Å². The number of aryl methyl sites for hydroxylation is 1. The van der Waals surface area contributed by atoms with Crippen LogP contribution in [0.15, 0.2) is 54.0 Å². The molecule has 2 atom stereocenters. The molecule has 0 bridgehead atoms. The Balaban J connectivity index is 1.83. The van der Waals surface area contributed by atoms with Crippen molar-refractivity contribution in [2.45, 2.75) is 52.6 Å². The van der Waals surface area contributed by atoms with Crippen molar-refractivity contribution in [2.24, 2.45) is 0 Å². The van der Waals surface area contributed by atoms with Crippen molar-refractivity contribution < 1.29 is 9.18 Å². The van der Waals surface area contributed by atoms with E-state index in [9.17, 15) is 9.59 Å². The van der Waals surface area contributed by atoms with Crippen LogP contribution in [0.2, 0.25) is 5.02 Å². The third-order valence-corrected chi connectivity index (χ3v) is 7.94. The highest BCUT2D eigenvalue weighted by atomic mass is 35.5. The summed E-state index contributed by atoms with van der Waals surface area (Å²) in [6, 6.07) is 7.46. The molecule has 0 radical (unpaired) electrons. The highest BCUT2D eigenvalue weighted by Crippen LogP contribution is 2.38. The third-order valence-electron chi connectivity index (χ3n) is 7.66. The topological polar surface area (TPSA) is 110 Å². The standard InChI is InChI=1S/C31H33ClFN7O2/c1-7-24(41)39-18(5)14-38(15-19(39)6)29-20-13-21(32)27(25-22(33)9-8-10-23(25)34)36-30(20)40(31(42)37-29)28-17(4)11-12-35-26(28)16(2)3/h7-13,16,18-19H,1,14-15,34H2,2-6H3. The van der Waals surface area contributed by atoms with Crippen LogP contribution < -0.4 is 16.3 Å². The molecule has 11 heteroatoms. The minimum Gasteiger partial charge on any atom is -0.398 e. The number of benzene rings is 1. The average Bonchev–Trinajstić information content (AvgIpc) is 2.92. The van der Waals surface area contributed by atoms with Gasteiger partial charge in [0.15, 0.2) is 5.65 Å². The fourth-order valence-electron chi connectivity index (χ4n) is 5.83. The predicted octanol–water partition coefficient (Wildman–Crippen LogP) is 5.26. The Kier molecular flexibility index (Phi) is 7.76. The average molecular weight is 590 g/mol. The smallest absolute Gasteiger partial charge is 0.355 e. The maximum atomic E-state index is 15.1. The number of piperazine rings is 1. The van der Waals surface area contributed by atoms with E-state index in [2.05, 4.69) is 16.5 Å². The fourth-order valence-corrected chi connectivity index (χ4v) is 6.08. The van der Waals surface area contributed by atoms with Gasteiger partial charge in [-0.15, -0.1) is 0 Å². The first-order valence-electron chi connectivity index (χ1n) is 13.8. The zero-order valence-electron chi connectivity index (χ0n) is 24.2. The second-order valence-corrected chi connectivity index (χ2v) is 11.4. The molecule has 0 aliphatic carbocycles. The molecule has 1 aliphatic rings. The number of fused-ring (bicyclic) bond motifs is 1. The van der Waals surface area contributed by atoms with E-state index in [1.165, 1.54) is 22.8 Å². The monoisotopic (exact) mass is 589 g/mol. The lowest BCUT2D eigenvalue weighted by Gasteiger charge is -2.44. The van der Waals surface area contributed by atoms with E-state index in [0.717, 1.165) is 5.56 Å². The predicted molar refractivity (Wildman–Crippen MR) is 165 cm³/mol. The van der Waals surface area contributed by atoms with Gasteiger partial charge in [0.05, 0.1) is 33.0 Å². The number of amides is 1. The number of nitrogen functional groups attached to an aromatic ring is 1. The normalized spacial score (nSPS) is 17.2. The molecule has 5 rings (SSSR count). The lowest BCUT2D eigenvalue weighted by molar-refractivity contribution is -0.130. The summed E-state index contributed by atoms with van der Waals surface area (Å²) in [7, 11) is 0. The van der Waals surface area contributed by atoms with E-state index in [4.69, 9.17) is 22.3 Å². The number of pyridine rings is 2. The number of aromatic nitrogens is 4. The number of hydrogen-bond acceptors (Lipinski definition) is 7. The number of carbonyl (C=O) groups is 1. The molecule has 9 nitrogen and oxygen atoms in total. The van der Waals surface area contributed by atoms with Crippen molar-refractivity contribution in [1.29, 1.82) is 0 Å². The molecular weight excluding hydrogens is 557 g/mol. The Bertz CT molecular complexity index is 1760. The number of halogens is 2. The maximum absolute atomic E-state index is 15.1. The summed E-state index contributed by atoms with van der Waals surface area (Å²) < 4.78 is 16.6. The van der Waals surface area contributed by atoms with E-state index in [1.54, 1.807) is 23.2 Å². The second kappa shape index (κ2) is 11.2. The molecule has 2 unspecified atom stereocenters. The molecule has 1 amide bonds. The maximum Gasteiger partial charge on any atom is 0.355 e. The molecule has 1 aliphatic heterocycles. The number of nitrogens with zero attached hydrogens (tertiary/aromatic N) is 6. The largest absolute Gasteiger partial charge is 0.398 e. The molecular formula is C31H33ClFN7O2. The van der Waals surface area contributed by atoms with Crippen molar-refractivity contribution in [2.75, 3.05) is 23.7 Å². The first-order valence-corrected chi connectivity index (χ1v) is 14.2. The number of carbonyl (C=O) groups excluding carboxylic acids is 1. The van der Waals surface area contributed by atoms with E-state index < -0.39 is 11.5 Å². The van der Waals surface area contributed by atoms with Crippen LogP contribution in [0, 0.1) is 12.7 Å². The van der Waals surface area contributed by atoms with Gasteiger partial charge in [0.2, 0.25) is 5.91 Å². The third kappa shape index (κ3) is 4.89. The molecule has 4 heterocycles. The lowest BCUT2D eigenvalue weighted by Crippen LogP contribution is -2.58. The van der Waals surface area contributed by atoms with Gasteiger partial charge in [-0.25, -0.2) is 18.7 Å². The number of hydrogen-bond donors (Lipinski definition) is 1. The Morgan fingerprint density at radius 2 is 1.88 bits per heavy atom. The minimum atomic E-state index is -0.585. The van der Waals surface area contributed by atoms with Crippen molar-refractivity contribution in [1.82, 2.24) is 24.4 Å². The first kappa shape index (κ1) is 29.2. The van der Waals surface area contributed by atoms with E-state index in [1.807, 2.05) is 45.6 Å².